The van der Waals surface area contributed by atoms with Crippen LogP contribution >= 0.6 is 0 Å². The van der Waals surface area contributed by atoms with Gasteiger partial charge in [0.1, 0.15) is 11.7 Å². The number of nitrogens with one attached hydrogen (secondary N) is 2. The van der Waals surface area contributed by atoms with Gasteiger partial charge in [-0.2, -0.15) is 0 Å². The van der Waals surface area contributed by atoms with Crippen molar-refractivity contribution < 1.29 is 9.53 Å². The number of para-hydroxylation sites is 1. The second kappa shape index (κ2) is 7.03. The predicted molar refractivity (Wildman–Crippen MR) is 108 cm³/mol. The molecule has 4 rings (SSSR count). The van der Waals surface area contributed by atoms with Gasteiger partial charge in [0.25, 0.3) is 5.56 Å². The number of hydrogen-bond donors (Lipinski definition) is 3. The highest BCUT2D eigenvalue weighted by atomic mass is 16.5. The third kappa shape index (κ3) is 3.03. The number of amides is 1. The van der Waals surface area contributed by atoms with E-state index < -0.39 is 11.8 Å². The number of primary amides is 1. The molecular weight excluding hydrogens is 356 g/mol. The van der Waals surface area contributed by atoms with Gasteiger partial charge in [0, 0.05) is 17.4 Å². The summed E-state index contributed by atoms with van der Waals surface area (Å²) in [6.07, 6.45) is 3.42. The molecule has 1 aliphatic heterocycles. The smallest absolute Gasteiger partial charge is 0.271 e. The zero-order valence-corrected chi connectivity index (χ0v) is 15.1. The largest absolute Gasteiger partial charge is 0.497 e. The molecule has 140 valence electrons. The van der Waals surface area contributed by atoms with Crippen molar-refractivity contribution in [2.75, 3.05) is 7.11 Å². The highest BCUT2D eigenvalue weighted by Gasteiger charge is 2.26. The fourth-order valence-corrected chi connectivity index (χ4v) is 3.33. The number of aliphatic imine (C=N–C) groups is 1. The number of methoxy groups -OCH3 is 1. The number of hydrogen-bond acceptors (Lipinski definition) is 4. The third-order valence-corrected chi connectivity index (χ3v) is 4.73. The van der Waals surface area contributed by atoms with E-state index in [0.717, 1.165) is 16.8 Å². The van der Waals surface area contributed by atoms with Gasteiger partial charge in [-0.15, -0.1) is 0 Å². The van der Waals surface area contributed by atoms with Crippen LogP contribution in [0.25, 0.3) is 11.6 Å². The van der Waals surface area contributed by atoms with Crippen molar-refractivity contribution >= 4 is 29.5 Å². The van der Waals surface area contributed by atoms with Crippen LogP contribution in [0.3, 0.4) is 0 Å². The summed E-state index contributed by atoms with van der Waals surface area (Å²) in [5.74, 6) is -0.721. The molecule has 0 bridgehead atoms. The molecule has 1 amide bonds. The van der Waals surface area contributed by atoms with Crippen molar-refractivity contribution in [1.82, 2.24) is 10.2 Å². The lowest BCUT2D eigenvalue weighted by Crippen LogP contribution is -2.23. The van der Waals surface area contributed by atoms with Gasteiger partial charge in [-0.3, -0.25) is 19.7 Å². The normalized spacial score (nSPS) is 14.8. The summed E-state index contributed by atoms with van der Waals surface area (Å²) in [6.45, 7) is 0. The van der Waals surface area contributed by atoms with Crippen molar-refractivity contribution in [3.05, 3.63) is 81.3 Å². The van der Waals surface area contributed by atoms with E-state index in [4.69, 9.17) is 10.5 Å². The van der Waals surface area contributed by atoms with Crippen molar-refractivity contribution in [3.63, 3.8) is 0 Å². The fourth-order valence-electron chi connectivity index (χ4n) is 3.33. The molecule has 0 fully saturated rings. The van der Waals surface area contributed by atoms with E-state index in [1.807, 2.05) is 24.3 Å². The van der Waals surface area contributed by atoms with E-state index in [-0.39, 0.29) is 5.56 Å². The van der Waals surface area contributed by atoms with E-state index in [0.29, 0.717) is 22.6 Å². The zero-order valence-electron chi connectivity index (χ0n) is 15.1. The summed E-state index contributed by atoms with van der Waals surface area (Å²) >= 11 is 0. The first-order chi connectivity index (χ1) is 13.6. The highest BCUT2D eigenvalue weighted by molar-refractivity contribution is 6.21. The molecule has 3 aromatic rings. The number of nitrogens with zero attached hydrogens (tertiary/aromatic N) is 1. The summed E-state index contributed by atoms with van der Waals surface area (Å²) in [4.78, 5) is 29.1. The Morgan fingerprint density at radius 1 is 1.14 bits per heavy atom. The Balaban J connectivity index is 1.81. The molecule has 0 saturated carbocycles. The minimum absolute atomic E-state index is 0.333. The van der Waals surface area contributed by atoms with Crippen molar-refractivity contribution in [3.8, 4) is 5.75 Å². The minimum atomic E-state index is -0.815. The van der Waals surface area contributed by atoms with Gasteiger partial charge in [0.15, 0.2) is 0 Å². The van der Waals surface area contributed by atoms with Gasteiger partial charge in [0.2, 0.25) is 5.91 Å². The van der Waals surface area contributed by atoms with Crippen molar-refractivity contribution in [2.24, 2.45) is 10.7 Å². The molecule has 1 unspecified atom stereocenters. The van der Waals surface area contributed by atoms with Crippen LogP contribution in [0, 0.1) is 0 Å². The standard InChI is InChI=1S/C21H18N4O3/c1-28-14-8-6-12(7-9-14)18(20(22)26)19-16(21(27)25-24-19)10-13-11-23-17-5-3-2-4-15(13)17/h2-11,18H,1H3,(H2,22,26)(H2,24,25,27). The van der Waals surface area contributed by atoms with Gasteiger partial charge >= 0.3 is 0 Å². The number of nitrogens with two attached hydrogens (primary N) is 1. The number of fused-ring (bicyclic) bond motifs is 1. The number of aromatic nitrogens is 2. The lowest BCUT2D eigenvalue weighted by atomic mass is 9.91. The quantitative estimate of drug-likeness (QED) is 0.638. The highest BCUT2D eigenvalue weighted by Crippen LogP contribution is 2.33. The van der Waals surface area contributed by atoms with E-state index in [2.05, 4.69) is 15.2 Å². The number of rotatable bonds is 5. The van der Waals surface area contributed by atoms with Crippen LogP contribution in [0.2, 0.25) is 0 Å². The first kappa shape index (κ1) is 17.5. The predicted octanol–water partition coefficient (Wildman–Crippen LogP) is 2.59. The van der Waals surface area contributed by atoms with Crippen LogP contribution in [0.5, 0.6) is 5.75 Å². The van der Waals surface area contributed by atoms with E-state index >= 15 is 0 Å². The summed E-state index contributed by atoms with van der Waals surface area (Å²) in [5.41, 5.74) is 9.31. The maximum absolute atomic E-state index is 12.5. The molecule has 4 N–H and O–H groups in total. The number of ether oxygens (including phenoxy) is 1. The maximum Gasteiger partial charge on any atom is 0.271 e. The lowest BCUT2D eigenvalue weighted by Gasteiger charge is -2.14. The Hall–Kier alpha value is -3.87. The fraction of sp³-hybridized carbons (Fsp3) is 0.0952. The van der Waals surface area contributed by atoms with Crippen molar-refractivity contribution in [1.29, 1.82) is 0 Å². The molecule has 2 heterocycles. The SMILES string of the molecule is COc1ccc(C(C(N)=O)c2[nH][nH]c(=O)c2C=C2C=Nc3ccccc32)cc1. The van der Waals surface area contributed by atoms with Gasteiger partial charge in [-0.05, 0) is 29.8 Å². The second-order valence-corrected chi connectivity index (χ2v) is 6.39. The minimum Gasteiger partial charge on any atom is -0.497 e. The molecule has 2 aromatic carbocycles. The van der Waals surface area contributed by atoms with Crippen LogP contribution in [0.1, 0.15) is 28.3 Å². The van der Waals surface area contributed by atoms with Crippen LogP contribution in [-0.2, 0) is 4.79 Å². The second-order valence-electron chi connectivity index (χ2n) is 6.39. The van der Waals surface area contributed by atoms with E-state index in [1.54, 1.807) is 43.7 Å². The summed E-state index contributed by atoms with van der Waals surface area (Å²) < 4.78 is 5.16. The molecular formula is C21H18N4O3. The number of aromatic amines is 2. The molecule has 0 spiro atoms. The number of carbonyl (C=O) groups is 1. The van der Waals surface area contributed by atoms with E-state index in [9.17, 15) is 9.59 Å². The molecule has 7 nitrogen and oxygen atoms in total. The van der Waals surface area contributed by atoms with Crippen LogP contribution in [-0.4, -0.2) is 29.4 Å². The molecule has 1 aliphatic rings. The molecule has 28 heavy (non-hydrogen) atoms. The Kier molecular flexibility index (Phi) is 4.41. The Labute approximate surface area is 160 Å². The van der Waals surface area contributed by atoms with Gasteiger partial charge in [0.05, 0.1) is 24.1 Å². The van der Waals surface area contributed by atoms with Gasteiger partial charge in [-0.1, -0.05) is 30.3 Å². The first-order valence-corrected chi connectivity index (χ1v) is 8.67. The van der Waals surface area contributed by atoms with Gasteiger partial charge < -0.3 is 15.6 Å². The van der Waals surface area contributed by atoms with E-state index in [1.165, 1.54) is 0 Å². The average molecular weight is 374 g/mol. The molecule has 0 radical (unpaired) electrons. The lowest BCUT2D eigenvalue weighted by molar-refractivity contribution is -0.118. The number of H-pyrrole nitrogens is 2. The van der Waals surface area contributed by atoms with Crippen molar-refractivity contribution in [2.45, 2.75) is 5.92 Å². The Bertz CT molecular complexity index is 1150. The number of carbonyl (C=O) groups excluding carboxylic acids is 1. The number of allylic oxidation sites excluding steroid dienone is 1. The maximum atomic E-state index is 12.5. The monoisotopic (exact) mass is 374 g/mol. The third-order valence-electron chi connectivity index (χ3n) is 4.73. The summed E-state index contributed by atoms with van der Waals surface area (Å²) in [5, 5.41) is 5.38. The average Bonchev–Trinajstić information content (AvgIpc) is 3.27. The van der Waals surface area contributed by atoms with Crippen LogP contribution in [0.4, 0.5) is 5.69 Å². The topological polar surface area (TPSA) is 113 Å². The Morgan fingerprint density at radius 3 is 2.61 bits per heavy atom. The van der Waals surface area contributed by atoms with Gasteiger partial charge in [-0.25, -0.2) is 0 Å². The molecule has 0 saturated heterocycles. The number of benzene rings is 2. The summed E-state index contributed by atoms with van der Waals surface area (Å²) in [7, 11) is 1.56. The molecule has 0 aliphatic carbocycles. The Morgan fingerprint density at radius 2 is 1.89 bits per heavy atom. The van der Waals surface area contributed by atoms with Crippen LogP contribution in [0.15, 0.2) is 58.3 Å². The summed E-state index contributed by atoms with van der Waals surface area (Å²) in [6, 6.07) is 14.6. The zero-order chi connectivity index (χ0) is 19.7. The first-order valence-electron chi connectivity index (χ1n) is 8.67. The molecule has 1 aromatic heterocycles. The van der Waals surface area contributed by atoms with Crippen LogP contribution < -0.4 is 16.0 Å². The molecule has 7 heteroatoms. The molecule has 1 atom stereocenters.